The van der Waals surface area contributed by atoms with Crippen molar-refractivity contribution in [2.75, 3.05) is 18.6 Å². The number of imidazole rings is 1. The van der Waals surface area contributed by atoms with Gasteiger partial charge >= 0.3 is 12.1 Å². The summed E-state index contributed by atoms with van der Waals surface area (Å²) in [6, 6.07) is 20.8. The van der Waals surface area contributed by atoms with Crippen molar-refractivity contribution in [2.45, 2.75) is 39.7 Å². The number of rotatable bonds is 9. The second-order valence-electron chi connectivity index (χ2n) is 8.70. The van der Waals surface area contributed by atoms with Crippen LogP contribution in [-0.4, -0.2) is 40.4 Å². The molecule has 7 heteroatoms. The number of nitrogens with zero attached hydrogens (tertiary/aromatic N) is 3. The van der Waals surface area contributed by atoms with Crippen LogP contribution in [0.5, 0.6) is 0 Å². The molecule has 0 aliphatic rings. The van der Waals surface area contributed by atoms with E-state index in [0.717, 1.165) is 52.9 Å². The van der Waals surface area contributed by atoms with Gasteiger partial charge in [-0.15, -0.1) is 0 Å². The number of carbonyl (C=O) groups excluding carboxylic acids is 1. The van der Waals surface area contributed by atoms with Gasteiger partial charge in [-0.2, -0.15) is 0 Å². The summed E-state index contributed by atoms with van der Waals surface area (Å²) >= 11 is 0. The number of aromatic carboxylic acids is 1. The lowest BCUT2D eigenvalue weighted by Gasteiger charge is -2.17. The van der Waals surface area contributed by atoms with E-state index >= 15 is 0 Å². The first kappa shape index (κ1) is 25.0. The molecule has 186 valence electrons. The number of ether oxygens (including phenoxy) is 1. The molecule has 1 N–H and O–H groups in total. The number of hydrogen-bond acceptors (Lipinski definition) is 4. The van der Waals surface area contributed by atoms with Crippen molar-refractivity contribution < 1.29 is 19.4 Å². The van der Waals surface area contributed by atoms with E-state index in [9.17, 15) is 14.7 Å². The number of aryl methyl sites for hydroxylation is 1. The summed E-state index contributed by atoms with van der Waals surface area (Å²) in [6.45, 7) is 4.88. The second kappa shape index (κ2) is 11.1. The van der Waals surface area contributed by atoms with Crippen molar-refractivity contribution in [2.24, 2.45) is 0 Å². The fourth-order valence-electron chi connectivity index (χ4n) is 4.29. The van der Waals surface area contributed by atoms with Gasteiger partial charge in [-0.05, 0) is 54.3 Å². The minimum absolute atomic E-state index is 0.283. The number of hydrogen-bond donors (Lipinski definition) is 1. The second-order valence-corrected chi connectivity index (χ2v) is 8.70. The summed E-state index contributed by atoms with van der Waals surface area (Å²) in [6.07, 6.45) is 2.56. The molecule has 0 radical (unpaired) electrons. The van der Waals surface area contributed by atoms with Crippen molar-refractivity contribution in [3.63, 3.8) is 0 Å². The van der Waals surface area contributed by atoms with Crippen LogP contribution < -0.4 is 4.90 Å². The topological polar surface area (TPSA) is 84.7 Å². The Bertz CT molecular complexity index is 1380. The standard InChI is InChI=1S/C29H31N3O4/c1-4-6-11-27-30-25-17-16-22(31(3)29(35)36-5-2)18-26(25)32(27)19-20-12-14-21(15-13-20)23-9-7-8-10-24(23)28(33)34/h7-10,12-18H,4-6,11,19H2,1-3H3,(H,33,34). The van der Waals surface area contributed by atoms with Crippen LogP contribution >= 0.6 is 0 Å². The number of amides is 1. The SMILES string of the molecule is CCCCc1nc2ccc(N(C)C(=O)OCC)cc2n1Cc1ccc(-c2ccccc2C(=O)O)cc1. The number of unbranched alkanes of at least 4 members (excludes halogenated alkanes) is 1. The molecule has 0 aliphatic carbocycles. The molecule has 36 heavy (non-hydrogen) atoms. The molecule has 1 aromatic heterocycles. The van der Waals surface area contributed by atoms with E-state index in [1.54, 1.807) is 26.1 Å². The molecule has 0 spiro atoms. The molecular formula is C29H31N3O4. The van der Waals surface area contributed by atoms with Gasteiger partial charge in [-0.3, -0.25) is 4.90 Å². The van der Waals surface area contributed by atoms with Crippen molar-refractivity contribution >= 4 is 28.8 Å². The van der Waals surface area contributed by atoms with Gasteiger partial charge in [0.2, 0.25) is 0 Å². The van der Waals surface area contributed by atoms with Crippen LogP contribution in [0.1, 0.15) is 48.4 Å². The van der Waals surface area contributed by atoms with E-state index in [1.165, 1.54) is 4.90 Å². The Kier molecular flexibility index (Phi) is 7.68. The maximum absolute atomic E-state index is 12.3. The van der Waals surface area contributed by atoms with E-state index in [-0.39, 0.29) is 5.56 Å². The van der Waals surface area contributed by atoms with E-state index in [0.29, 0.717) is 18.7 Å². The monoisotopic (exact) mass is 485 g/mol. The molecule has 0 bridgehead atoms. The van der Waals surface area contributed by atoms with Gasteiger partial charge in [0.1, 0.15) is 5.82 Å². The number of carboxylic acids is 1. The molecule has 0 unspecified atom stereocenters. The van der Waals surface area contributed by atoms with Gasteiger partial charge in [0.05, 0.1) is 23.2 Å². The highest BCUT2D eigenvalue weighted by atomic mass is 16.6. The number of fused-ring (bicyclic) bond motifs is 1. The van der Waals surface area contributed by atoms with Crippen LogP contribution in [0.25, 0.3) is 22.2 Å². The number of benzene rings is 3. The smallest absolute Gasteiger partial charge is 0.413 e. The van der Waals surface area contributed by atoms with Gasteiger partial charge in [-0.1, -0.05) is 55.8 Å². The first-order valence-electron chi connectivity index (χ1n) is 12.2. The van der Waals surface area contributed by atoms with Crippen molar-refractivity contribution in [3.8, 4) is 11.1 Å². The Morgan fingerprint density at radius 3 is 2.47 bits per heavy atom. The molecule has 0 fully saturated rings. The Labute approximate surface area is 211 Å². The molecule has 0 atom stereocenters. The molecule has 0 saturated carbocycles. The minimum atomic E-state index is -0.941. The van der Waals surface area contributed by atoms with Gasteiger partial charge in [0, 0.05) is 25.7 Å². The van der Waals surface area contributed by atoms with Crippen molar-refractivity contribution in [1.29, 1.82) is 0 Å². The molecule has 0 saturated heterocycles. The fourth-order valence-corrected chi connectivity index (χ4v) is 4.29. The van der Waals surface area contributed by atoms with Crippen molar-refractivity contribution in [1.82, 2.24) is 9.55 Å². The Morgan fingerprint density at radius 1 is 1.03 bits per heavy atom. The molecule has 4 rings (SSSR count). The number of carboxylic acid groups (broad SMARTS) is 1. The highest BCUT2D eigenvalue weighted by molar-refractivity contribution is 5.96. The number of anilines is 1. The van der Waals surface area contributed by atoms with Crippen LogP contribution in [0.15, 0.2) is 66.7 Å². The third kappa shape index (κ3) is 5.25. The minimum Gasteiger partial charge on any atom is -0.478 e. The Morgan fingerprint density at radius 2 is 1.78 bits per heavy atom. The van der Waals surface area contributed by atoms with Crippen LogP contribution in [0.4, 0.5) is 10.5 Å². The fraction of sp³-hybridized carbons (Fsp3) is 0.276. The van der Waals surface area contributed by atoms with Crippen LogP contribution in [-0.2, 0) is 17.7 Å². The van der Waals surface area contributed by atoms with E-state index < -0.39 is 12.1 Å². The highest BCUT2D eigenvalue weighted by Crippen LogP contribution is 2.27. The maximum Gasteiger partial charge on any atom is 0.413 e. The number of aromatic nitrogens is 2. The third-order valence-electron chi connectivity index (χ3n) is 6.26. The molecule has 7 nitrogen and oxygen atoms in total. The van der Waals surface area contributed by atoms with E-state index in [2.05, 4.69) is 11.5 Å². The summed E-state index contributed by atoms with van der Waals surface area (Å²) in [4.78, 5) is 30.3. The molecular weight excluding hydrogens is 454 g/mol. The summed E-state index contributed by atoms with van der Waals surface area (Å²) in [7, 11) is 1.70. The normalized spacial score (nSPS) is 11.0. The predicted octanol–water partition coefficient (Wildman–Crippen LogP) is 6.39. The van der Waals surface area contributed by atoms with E-state index in [1.807, 2.05) is 54.6 Å². The van der Waals surface area contributed by atoms with Crippen LogP contribution in [0.2, 0.25) is 0 Å². The Balaban J connectivity index is 1.69. The first-order valence-corrected chi connectivity index (χ1v) is 12.2. The molecule has 4 aromatic rings. The summed E-state index contributed by atoms with van der Waals surface area (Å²) in [5.74, 6) is 0.0619. The zero-order chi connectivity index (χ0) is 25.7. The van der Waals surface area contributed by atoms with Gasteiger partial charge in [-0.25, -0.2) is 14.6 Å². The average molecular weight is 486 g/mol. The number of carbonyl (C=O) groups is 2. The average Bonchev–Trinajstić information content (AvgIpc) is 3.23. The van der Waals surface area contributed by atoms with Gasteiger partial charge < -0.3 is 14.4 Å². The highest BCUT2D eigenvalue weighted by Gasteiger charge is 2.17. The molecule has 1 amide bonds. The molecule has 3 aromatic carbocycles. The lowest BCUT2D eigenvalue weighted by molar-refractivity contribution is 0.0697. The lowest BCUT2D eigenvalue weighted by Crippen LogP contribution is -2.26. The Hall–Kier alpha value is -4.13. The van der Waals surface area contributed by atoms with Gasteiger partial charge in [0.15, 0.2) is 0 Å². The van der Waals surface area contributed by atoms with Gasteiger partial charge in [0.25, 0.3) is 0 Å². The van der Waals surface area contributed by atoms with Crippen LogP contribution in [0.3, 0.4) is 0 Å². The summed E-state index contributed by atoms with van der Waals surface area (Å²) < 4.78 is 7.36. The summed E-state index contributed by atoms with van der Waals surface area (Å²) in [5, 5.41) is 9.54. The lowest BCUT2D eigenvalue weighted by atomic mass is 9.99. The third-order valence-corrected chi connectivity index (χ3v) is 6.26. The van der Waals surface area contributed by atoms with Crippen LogP contribution in [0, 0.1) is 0 Å². The van der Waals surface area contributed by atoms with E-state index in [4.69, 9.17) is 9.72 Å². The first-order chi connectivity index (χ1) is 17.4. The zero-order valence-electron chi connectivity index (χ0n) is 20.9. The predicted molar refractivity (Wildman–Crippen MR) is 142 cm³/mol. The molecule has 1 heterocycles. The zero-order valence-corrected chi connectivity index (χ0v) is 20.9. The van der Waals surface area contributed by atoms with Crippen molar-refractivity contribution in [3.05, 3.63) is 83.7 Å². The summed E-state index contributed by atoms with van der Waals surface area (Å²) in [5.41, 5.74) is 5.49. The quantitative estimate of drug-likeness (QED) is 0.297. The molecule has 0 aliphatic heterocycles. The maximum atomic E-state index is 12.3. The largest absolute Gasteiger partial charge is 0.478 e.